The highest BCUT2D eigenvalue weighted by Gasteiger charge is 2.25. The fourth-order valence-electron chi connectivity index (χ4n) is 3.67. The van der Waals surface area contributed by atoms with E-state index in [2.05, 4.69) is 22.4 Å². The maximum atomic E-state index is 12.7. The highest BCUT2D eigenvalue weighted by atomic mass is 16.5. The van der Waals surface area contributed by atoms with Crippen molar-refractivity contribution in [3.8, 4) is 11.5 Å². The summed E-state index contributed by atoms with van der Waals surface area (Å²) >= 11 is 0. The molecule has 3 aromatic rings. The van der Waals surface area contributed by atoms with E-state index in [0.717, 1.165) is 29.6 Å². The molecule has 7 nitrogen and oxygen atoms in total. The van der Waals surface area contributed by atoms with E-state index in [4.69, 9.17) is 14.5 Å². The van der Waals surface area contributed by atoms with Gasteiger partial charge in [-0.05, 0) is 49.2 Å². The Labute approximate surface area is 169 Å². The quantitative estimate of drug-likeness (QED) is 0.725. The van der Waals surface area contributed by atoms with Crippen molar-refractivity contribution in [2.75, 3.05) is 32.6 Å². The number of carbonyl (C=O) groups excluding carboxylic acids is 1. The summed E-state index contributed by atoms with van der Waals surface area (Å²) < 4.78 is 10.6. The number of amides is 2. The molecule has 1 aromatic carbocycles. The van der Waals surface area contributed by atoms with Crippen LogP contribution >= 0.6 is 0 Å². The molecule has 3 heterocycles. The zero-order valence-electron chi connectivity index (χ0n) is 16.6. The van der Waals surface area contributed by atoms with E-state index in [1.54, 1.807) is 38.6 Å². The molecule has 0 bridgehead atoms. The number of piperidine rings is 1. The van der Waals surface area contributed by atoms with Crippen LogP contribution in [0.25, 0.3) is 11.0 Å². The van der Waals surface area contributed by atoms with Crippen LogP contribution < -0.4 is 14.8 Å². The van der Waals surface area contributed by atoms with Gasteiger partial charge in [-0.1, -0.05) is 0 Å². The number of carbonyl (C=O) groups is 1. The number of likely N-dealkylation sites (tertiary alicyclic amines) is 1. The van der Waals surface area contributed by atoms with Gasteiger partial charge in [0.25, 0.3) is 0 Å². The standard InChI is InChI=1S/C22H24N4O3/c1-28-17-6-8-19(20(14-17)29-2)25-22(27)26-12-9-15(10-13-26)18-7-5-16-4-3-11-23-21(16)24-18/h3-8,11,14-15H,9-10,12-13H2,1-2H3,(H,25,27). The fourth-order valence-corrected chi connectivity index (χ4v) is 3.67. The van der Waals surface area contributed by atoms with Gasteiger partial charge >= 0.3 is 6.03 Å². The number of urea groups is 1. The summed E-state index contributed by atoms with van der Waals surface area (Å²) in [7, 11) is 3.17. The molecule has 0 unspecified atom stereocenters. The van der Waals surface area contributed by atoms with Gasteiger partial charge in [-0.15, -0.1) is 0 Å². The molecule has 1 N–H and O–H groups in total. The van der Waals surface area contributed by atoms with Gasteiger partial charge in [0.05, 0.1) is 19.9 Å². The molecule has 0 saturated carbocycles. The van der Waals surface area contributed by atoms with Crippen LogP contribution in [0.1, 0.15) is 24.5 Å². The number of fused-ring (bicyclic) bond motifs is 1. The van der Waals surface area contributed by atoms with E-state index in [9.17, 15) is 4.79 Å². The van der Waals surface area contributed by atoms with Crippen molar-refractivity contribution in [3.63, 3.8) is 0 Å². The molecule has 0 radical (unpaired) electrons. The first-order chi connectivity index (χ1) is 14.2. The molecule has 1 aliphatic heterocycles. The van der Waals surface area contributed by atoms with Gasteiger partial charge in [0.2, 0.25) is 0 Å². The summed E-state index contributed by atoms with van der Waals surface area (Å²) in [6.07, 6.45) is 3.51. The van der Waals surface area contributed by atoms with Crippen molar-refractivity contribution in [3.05, 3.63) is 54.4 Å². The topological polar surface area (TPSA) is 76.6 Å². The van der Waals surface area contributed by atoms with Gasteiger partial charge in [-0.2, -0.15) is 0 Å². The lowest BCUT2D eigenvalue weighted by atomic mass is 9.93. The maximum Gasteiger partial charge on any atom is 0.321 e. The minimum Gasteiger partial charge on any atom is -0.497 e. The average Bonchev–Trinajstić information content (AvgIpc) is 2.79. The van der Waals surface area contributed by atoms with Gasteiger partial charge in [0, 0.05) is 42.4 Å². The van der Waals surface area contributed by atoms with E-state index < -0.39 is 0 Å². The summed E-state index contributed by atoms with van der Waals surface area (Å²) in [6.45, 7) is 1.35. The second-order valence-corrected chi connectivity index (χ2v) is 7.04. The molecule has 2 aromatic heterocycles. The first-order valence-electron chi connectivity index (χ1n) is 9.67. The number of hydrogen-bond acceptors (Lipinski definition) is 5. The van der Waals surface area contributed by atoms with Crippen molar-refractivity contribution in [1.82, 2.24) is 14.9 Å². The molecular formula is C22H24N4O3. The van der Waals surface area contributed by atoms with E-state index in [1.165, 1.54) is 0 Å². The number of hydrogen-bond donors (Lipinski definition) is 1. The number of pyridine rings is 2. The third kappa shape index (κ3) is 4.08. The van der Waals surface area contributed by atoms with Crippen molar-refractivity contribution >= 4 is 22.8 Å². The summed E-state index contributed by atoms with van der Waals surface area (Å²) in [5.74, 6) is 1.58. The van der Waals surface area contributed by atoms with E-state index >= 15 is 0 Å². The Kier molecular flexibility index (Phi) is 5.46. The smallest absolute Gasteiger partial charge is 0.321 e. The molecule has 29 heavy (non-hydrogen) atoms. The van der Waals surface area contributed by atoms with Gasteiger partial charge in [-0.3, -0.25) is 0 Å². The zero-order valence-corrected chi connectivity index (χ0v) is 16.6. The first-order valence-corrected chi connectivity index (χ1v) is 9.67. The number of anilines is 1. The van der Waals surface area contributed by atoms with Crippen LogP contribution in [0.5, 0.6) is 11.5 Å². The third-order valence-electron chi connectivity index (χ3n) is 5.34. The zero-order chi connectivity index (χ0) is 20.2. The molecule has 1 fully saturated rings. The number of methoxy groups -OCH3 is 2. The van der Waals surface area contributed by atoms with Gasteiger partial charge in [0.1, 0.15) is 11.5 Å². The monoisotopic (exact) mass is 392 g/mol. The Morgan fingerprint density at radius 1 is 1.10 bits per heavy atom. The molecule has 0 atom stereocenters. The number of nitrogens with zero attached hydrogens (tertiary/aromatic N) is 3. The normalized spacial score (nSPS) is 14.6. The van der Waals surface area contributed by atoms with Crippen LogP contribution in [-0.2, 0) is 0 Å². The van der Waals surface area contributed by atoms with Crippen molar-refractivity contribution < 1.29 is 14.3 Å². The number of benzene rings is 1. The number of rotatable bonds is 4. The lowest BCUT2D eigenvalue weighted by Crippen LogP contribution is -2.40. The fraction of sp³-hybridized carbons (Fsp3) is 0.318. The second kappa shape index (κ2) is 8.34. The Morgan fingerprint density at radius 2 is 1.93 bits per heavy atom. The summed E-state index contributed by atoms with van der Waals surface area (Å²) in [5, 5.41) is 3.99. The summed E-state index contributed by atoms with van der Waals surface area (Å²) in [5.41, 5.74) is 2.45. The maximum absolute atomic E-state index is 12.7. The lowest BCUT2D eigenvalue weighted by molar-refractivity contribution is 0.194. The number of nitrogens with one attached hydrogen (secondary N) is 1. The highest BCUT2D eigenvalue weighted by Crippen LogP contribution is 2.31. The predicted octanol–water partition coefficient (Wildman–Crippen LogP) is 4.06. The van der Waals surface area contributed by atoms with E-state index in [0.29, 0.717) is 36.2 Å². The molecule has 1 aliphatic rings. The molecule has 2 amide bonds. The first kappa shape index (κ1) is 19.0. The van der Waals surface area contributed by atoms with Gasteiger partial charge < -0.3 is 19.7 Å². The van der Waals surface area contributed by atoms with E-state index in [-0.39, 0.29) is 6.03 Å². The van der Waals surface area contributed by atoms with Crippen LogP contribution in [0.15, 0.2) is 48.7 Å². The Balaban J connectivity index is 1.39. The third-order valence-corrected chi connectivity index (χ3v) is 5.34. The van der Waals surface area contributed by atoms with Gasteiger partial charge in [-0.25, -0.2) is 14.8 Å². The van der Waals surface area contributed by atoms with Crippen LogP contribution in [0.2, 0.25) is 0 Å². The van der Waals surface area contributed by atoms with Crippen molar-refractivity contribution in [1.29, 1.82) is 0 Å². The Morgan fingerprint density at radius 3 is 2.69 bits per heavy atom. The van der Waals surface area contributed by atoms with Crippen molar-refractivity contribution in [2.24, 2.45) is 0 Å². The molecule has 4 rings (SSSR count). The number of ether oxygens (including phenoxy) is 2. The lowest BCUT2D eigenvalue weighted by Gasteiger charge is -2.32. The van der Waals surface area contributed by atoms with Crippen LogP contribution in [0.3, 0.4) is 0 Å². The molecule has 1 saturated heterocycles. The second-order valence-electron chi connectivity index (χ2n) is 7.04. The predicted molar refractivity (Wildman–Crippen MR) is 112 cm³/mol. The van der Waals surface area contributed by atoms with Crippen molar-refractivity contribution in [2.45, 2.75) is 18.8 Å². The molecule has 0 spiro atoms. The summed E-state index contributed by atoms with van der Waals surface area (Å²) in [6, 6.07) is 13.3. The van der Waals surface area contributed by atoms with Crippen LogP contribution in [-0.4, -0.2) is 48.2 Å². The SMILES string of the molecule is COc1ccc(NC(=O)N2CCC(c3ccc4cccnc4n3)CC2)c(OC)c1. The van der Waals surface area contributed by atoms with Crippen LogP contribution in [0.4, 0.5) is 10.5 Å². The minimum atomic E-state index is -0.125. The molecule has 7 heteroatoms. The molecule has 150 valence electrons. The van der Waals surface area contributed by atoms with Gasteiger partial charge in [0.15, 0.2) is 5.65 Å². The minimum absolute atomic E-state index is 0.125. The summed E-state index contributed by atoms with van der Waals surface area (Å²) in [4.78, 5) is 23.6. The largest absolute Gasteiger partial charge is 0.497 e. The highest BCUT2D eigenvalue weighted by molar-refractivity contribution is 5.91. The Hall–Kier alpha value is -3.35. The van der Waals surface area contributed by atoms with Crippen LogP contribution in [0, 0.1) is 0 Å². The molecule has 0 aliphatic carbocycles. The average molecular weight is 392 g/mol. The Bertz CT molecular complexity index is 1020. The van der Waals surface area contributed by atoms with E-state index in [1.807, 2.05) is 17.0 Å². The molecular weight excluding hydrogens is 368 g/mol. The number of aromatic nitrogens is 2.